The largest absolute Gasteiger partial charge is 0.472 e. The van der Waals surface area contributed by atoms with Gasteiger partial charge >= 0.3 is 33.6 Å². The van der Waals surface area contributed by atoms with Gasteiger partial charge < -0.3 is 34.2 Å². The van der Waals surface area contributed by atoms with E-state index in [1.165, 1.54) is 141 Å². The second-order valence-electron chi connectivity index (χ2n) is 28.6. The summed E-state index contributed by atoms with van der Waals surface area (Å²) in [6.45, 7) is 2.37. The van der Waals surface area contributed by atoms with E-state index in [4.69, 9.17) is 32.3 Å². The second kappa shape index (κ2) is 84.3. The minimum Gasteiger partial charge on any atom is -0.463 e. The molecule has 0 rings (SSSR count). The van der Waals surface area contributed by atoms with Crippen LogP contribution in [0.5, 0.6) is 0 Å². The Morgan fingerprint density at radius 1 is 0.261 bits per heavy atom. The summed E-state index contributed by atoms with van der Waals surface area (Å²) in [5.41, 5.74) is 0. The van der Waals surface area contributed by atoms with E-state index in [1.807, 2.05) is 12.2 Å². The Labute approximate surface area is 675 Å². The van der Waals surface area contributed by atoms with E-state index in [-0.39, 0.29) is 19.3 Å². The quantitative estimate of drug-likeness (QED) is 0.0146. The summed E-state index contributed by atoms with van der Waals surface area (Å²) in [5, 5.41) is 20.7. The SMILES string of the molecule is CC/C=C\C/C=C\C/C=C\C/C=C\C/C=C\CCCCCCCCCCCCCCCCCC(=O)OCC(O)COP(=O)(O)OCC(O)COP(=O)(O)OCC(COC(=O)CCCCCCCCCCCCC/C=C\C/C=C\C/C=C\C/C=C\CCCCC)OC(=O)CCC/C=C\C/C=C\C/C=C\C/C=C\C/C=C\CC. The molecule has 0 aliphatic rings. The van der Waals surface area contributed by atoms with Crippen LogP contribution in [0.15, 0.2) is 170 Å². The molecular formula is C93H156O16P2. The monoisotopic (exact) mass is 1590 g/mol. The van der Waals surface area contributed by atoms with E-state index >= 15 is 0 Å². The third kappa shape index (κ3) is 85.6. The van der Waals surface area contributed by atoms with Crippen molar-refractivity contribution in [3.8, 4) is 0 Å². The number of phosphoric acid groups is 2. The summed E-state index contributed by atoms with van der Waals surface area (Å²) < 4.78 is 61.3. The molecule has 0 aromatic rings. The Morgan fingerprint density at radius 2 is 0.486 bits per heavy atom. The number of phosphoric ester groups is 2. The van der Waals surface area contributed by atoms with Gasteiger partial charge in [0.05, 0.1) is 26.4 Å². The average molecular weight is 1590 g/mol. The highest BCUT2D eigenvalue weighted by Gasteiger charge is 2.29. The zero-order valence-electron chi connectivity index (χ0n) is 69.6. The molecule has 0 aromatic carbocycles. The molecule has 0 aromatic heterocycles. The third-order valence-corrected chi connectivity index (χ3v) is 19.8. The van der Waals surface area contributed by atoms with Gasteiger partial charge in [0.2, 0.25) is 0 Å². The maximum Gasteiger partial charge on any atom is 0.472 e. The minimum absolute atomic E-state index is 0.0213. The molecule has 0 fully saturated rings. The molecule has 18 heteroatoms. The van der Waals surface area contributed by atoms with Crippen LogP contribution in [-0.2, 0) is 55.8 Å². The Balaban J connectivity index is 4.57. The summed E-state index contributed by atoms with van der Waals surface area (Å²) in [4.78, 5) is 58.8. The third-order valence-electron chi connectivity index (χ3n) is 17.9. The van der Waals surface area contributed by atoms with Crippen molar-refractivity contribution in [2.24, 2.45) is 0 Å². The summed E-state index contributed by atoms with van der Waals surface area (Å²) in [6, 6.07) is 0. The number of rotatable bonds is 81. The van der Waals surface area contributed by atoms with Crippen molar-refractivity contribution in [1.29, 1.82) is 0 Å². The van der Waals surface area contributed by atoms with Gasteiger partial charge in [0.1, 0.15) is 25.4 Å². The van der Waals surface area contributed by atoms with Crippen LogP contribution >= 0.6 is 15.6 Å². The normalized spacial score (nSPS) is 14.7. The molecule has 0 aliphatic heterocycles. The van der Waals surface area contributed by atoms with Crippen molar-refractivity contribution in [1.82, 2.24) is 0 Å². The maximum absolute atomic E-state index is 13.0. The molecule has 0 saturated carbocycles. The highest BCUT2D eigenvalue weighted by Crippen LogP contribution is 2.45. The number of aliphatic hydroxyl groups excluding tert-OH is 2. The molecule has 111 heavy (non-hydrogen) atoms. The Bertz CT molecular complexity index is 2700. The Hall–Kier alpha value is -5.09. The second-order valence-corrected chi connectivity index (χ2v) is 31.5. The van der Waals surface area contributed by atoms with E-state index < -0.39 is 91.5 Å². The van der Waals surface area contributed by atoms with Crippen LogP contribution in [-0.4, -0.2) is 95.9 Å². The van der Waals surface area contributed by atoms with Crippen LogP contribution in [0.4, 0.5) is 0 Å². The number of unbranched alkanes of at least 4 members (excludes halogenated alkanes) is 30. The molecule has 634 valence electrons. The predicted molar refractivity (Wildman–Crippen MR) is 463 cm³/mol. The van der Waals surface area contributed by atoms with Crippen LogP contribution in [0.3, 0.4) is 0 Å². The lowest BCUT2D eigenvalue weighted by Crippen LogP contribution is -2.30. The molecule has 16 nitrogen and oxygen atoms in total. The van der Waals surface area contributed by atoms with E-state index in [0.29, 0.717) is 25.7 Å². The lowest BCUT2D eigenvalue weighted by Gasteiger charge is -2.21. The fraction of sp³-hybridized carbons (Fsp3) is 0.667. The maximum atomic E-state index is 13.0. The Morgan fingerprint density at radius 3 is 0.784 bits per heavy atom. The summed E-state index contributed by atoms with van der Waals surface area (Å²) in [6.07, 6.45) is 108. The van der Waals surface area contributed by atoms with Crippen molar-refractivity contribution in [2.75, 3.05) is 39.6 Å². The van der Waals surface area contributed by atoms with Crippen LogP contribution in [0, 0.1) is 0 Å². The van der Waals surface area contributed by atoms with Crippen LogP contribution in [0.1, 0.15) is 342 Å². The highest BCUT2D eigenvalue weighted by molar-refractivity contribution is 7.47. The fourth-order valence-corrected chi connectivity index (χ4v) is 13.0. The fourth-order valence-electron chi connectivity index (χ4n) is 11.4. The topological polar surface area (TPSA) is 231 Å². The van der Waals surface area contributed by atoms with E-state index in [2.05, 4.69) is 179 Å². The number of hydrogen-bond donors (Lipinski definition) is 4. The summed E-state index contributed by atoms with van der Waals surface area (Å²) in [7, 11) is -9.83. The van der Waals surface area contributed by atoms with Gasteiger partial charge in [-0.2, -0.15) is 0 Å². The van der Waals surface area contributed by atoms with Gasteiger partial charge in [0.15, 0.2) is 6.10 Å². The van der Waals surface area contributed by atoms with E-state index in [0.717, 1.165) is 135 Å². The molecule has 5 atom stereocenters. The van der Waals surface area contributed by atoms with Crippen LogP contribution in [0.2, 0.25) is 0 Å². The highest BCUT2D eigenvalue weighted by atomic mass is 31.2. The number of carbonyl (C=O) groups excluding carboxylic acids is 3. The van der Waals surface area contributed by atoms with Gasteiger partial charge in [-0.3, -0.25) is 32.5 Å². The van der Waals surface area contributed by atoms with Crippen molar-refractivity contribution >= 4 is 33.6 Å². The van der Waals surface area contributed by atoms with Crippen molar-refractivity contribution in [2.45, 2.75) is 360 Å². The van der Waals surface area contributed by atoms with E-state index in [9.17, 15) is 43.5 Å². The Kier molecular flexibility index (Phi) is 80.4. The van der Waals surface area contributed by atoms with Crippen molar-refractivity contribution in [3.05, 3.63) is 170 Å². The van der Waals surface area contributed by atoms with Gasteiger partial charge in [-0.1, -0.05) is 345 Å². The van der Waals surface area contributed by atoms with Gasteiger partial charge in [0, 0.05) is 19.3 Å². The number of aliphatic hydroxyl groups is 2. The molecule has 0 heterocycles. The predicted octanol–water partition coefficient (Wildman–Crippen LogP) is 26.3. The number of hydrogen-bond acceptors (Lipinski definition) is 14. The summed E-state index contributed by atoms with van der Waals surface area (Å²) in [5.74, 6) is -1.65. The standard InChI is InChI=1S/C93H156O16P2/c1-4-7-10-13-16-19-22-25-28-31-33-35-37-39-41-42-43-44-46-48-49-51-53-56-58-61-64-67-70-73-76-79-91(96)103-82-88(94)83-105-110(99,100)106-84-89(95)85-107-111(101,102)108-87-90(109-93(98)81-78-75-72-69-66-63-60-55-30-27-24-21-18-15-12-9-6-3)86-104-92(97)80-77-74-71-68-65-62-59-57-54-52-50-47-45-40-38-36-34-32-29-26-23-20-17-14-11-8-5-2/h7,9-10,12,16-21,25-30,33-36,39-41,45,60,63,69,72,88-90,94-95H,4-6,8,11,13-15,22-24,31-32,37-38,42-44,46-59,61-62,64-68,70-71,73-87H2,1-3H3,(H,99,100)(H,101,102)/b10-7-,12-9-,19-16-,20-17-,21-18-,28-25-,29-26-,30-27-,35-33-,36-34-,41-39-,45-40-,63-60-,72-69-. The van der Waals surface area contributed by atoms with Crippen molar-refractivity contribution < 1.29 is 75.8 Å². The number of esters is 3. The smallest absolute Gasteiger partial charge is 0.463 e. The molecule has 4 N–H and O–H groups in total. The van der Waals surface area contributed by atoms with E-state index in [1.54, 1.807) is 0 Å². The first-order chi connectivity index (χ1) is 54.2. The molecule has 0 spiro atoms. The molecule has 0 aliphatic carbocycles. The molecule has 0 amide bonds. The molecule has 5 unspecified atom stereocenters. The van der Waals surface area contributed by atoms with Crippen molar-refractivity contribution in [3.63, 3.8) is 0 Å². The number of ether oxygens (including phenoxy) is 3. The van der Waals surface area contributed by atoms with Crippen LogP contribution in [0.25, 0.3) is 0 Å². The van der Waals surface area contributed by atoms with Gasteiger partial charge in [0.25, 0.3) is 0 Å². The zero-order valence-corrected chi connectivity index (χ0v) is 71.4. The first-order valence-electron chi connectivity index (χ1n) is 43.4. The number of allylic oxidation sites excluding steroid dienone is 28. The lowest BCUT2D eigenvalue weighted by atomic mass is 10.0. The first-order valence-corrected chi connectivity index (χ1v) is 46.4. The summed E-state index contributed by atoms with van der Waals surface area (Å²) >= 11 is 0. The molecule has 0 saturated heterocycles. The molecule has 0 radical (unpaired) electrons. The average Bonchev–Trinajstić information content (AvgIpc) is 0.900. The lowest BCUT2D eigenvalue weighted by molar-refractivity contribution is -0.161. The molecular weight excluding hydrogens is 1430 g/mol. The molecule has 0 bridgehead atoms. The minimum atomic E-state index is -4.96. The van der Waals surface area contributed by atoms with Gasteiger partial charge in [-0.15, -0.1) is 0 Å². The number of carbonyl (C=O) groups is 3. The van der Waals surface area contributed by atoms with Crippen LogP contribution < -0.4 is 0 Å². The van der Waals surface area contributed by atoms with Gasteiger partial charge in [-0.25, -0.2) is 9.13 Å². The zero-order chi connectivity index (χ0) is 80.8. The van der Waals surface area contributed by atoms with Gasteiger partial charge in [-0.05, 0) is 148 Å². The first kappa shape index (κ1) is 106.